The van der Waals surface area contributed by atoms with Gasteiger partial charge in [-0.05, 0) is 27.2 Å². The number of nitrogens with zero attached hydrogens (tertiary/aromatic N) is 1. The van der Waals surface area contributed by atoms with Crippen LogP contribution in [0.2, 0.25) is 0 Å². The van der Waals surface area contributed by atoms with Crippen LogP contribution in [0.15, 0.2) is 0 Å². The van der Waals surface area contributed by atoms with Gasteiger partial charge in [0.1, 0.15) is 6.73 Å². The van der Waals surface area contributed by atoms with Crippen molar-refractivity contribution in [2.24, 2.45) is 0 Å². The van der Waals surface area contributed by atoms with Crippen molar-refractivity contribution in [3.05, 3.63) is 0 Å². The summed E-state index contributed by atoms with van der Waals surface area (Å²) in [6.07, 6.45) is 1.27. The maximum Gasteiger partial charge on any atom is 0.119 e. The average Bonchev–Trinajstić information content (AvgIpc) is 1.73. The predicted molar refractivity (Wildman–Crippen MR) is 45.0 cm³/mol. The lowest BCUT2D eigenvalue weighted by Gasteiger charge is -2.31. The molecule has 3 heteroatoms. The van der Waals surface area contributed by atoms with Crippen LogP contribution in [0.1, 0.15) is 27.2 Å². The van der Waals surface area contributed by atoms with Crippen molar-refractivity contribution in [2.75, 3.05) is 19.8 Å². The molecule has 3 nitrogen and oxygen atoms in total. The van der Waals surface area contributed by atoms with E-state index in [0.717, 1.165) is 13.1 Å². The monoisotopic (exact) mass is 158 g/mol. The van der Waals surface area contributed by atoms with E-state index in [1.54, 1.807) is 0 Å². The highest BCUT2D eigenvalue weighted by molar-refractivity contribution is 4.67. The zero-order valence-electron chi connectivity index (χ0n) is 7.68. The number of hydroxylamine groups is 2. The van der Waals surface area contributed by atoms with Crippen LogP contribution in [0.25, 0.3) is 0 Å². The van der Waals surface area contributed by atoms with Crippen molar-refractivity contribution >= 4 is 0 Å². The molecule has 11 heavy (non-hydrogen) atoms. The first-order chi connectivity index (χ1) is 5.08. The zero-order valence-corrected chi connectivity index (χ0v) is 7.68. The van der Waals surface area contributed by atoms with E-state index in [2.05, 4.69) is 26.1 Å². The fourth-order valence-corrected chi connectivity index (χ4v) is 0.756. The molecule has 0 radical (unpaired) electrons. The van der Waals surface area contributed by atoms with E-state index in [4.69, 9.17) is 4.84 Å². The van der Waals surface area contributed by atoms with E-state index in [9.17, 15) is 0 Å². The van der Waals surface area contributed by atoms with Gasteiger partial charge in [-0.3, -0.25) is 10.2 Å². The highest BCUT2D eigenvalue weighted by atomic mass is 16.7. The first-order valence-corrected chi connectivity index (χ1v) is 4.21. The van der Waals surface area contributed by atoms with Gasteiger partial charge >= 0.3 is 0 Å². The Kier molecular flexibility index (Phi) is 2.87. The summed E-state index contributed by atoms with van der Waals surface area (Å²) in [6, 6.07) is 0. The molecule has 0 aromatic heterocycles. The van der Waals surface area contributed by atoms with E-state index >= 15 is 0 Å². The normalized spacial score (nSPS) is 19.9. The molecule has 66 valence electrons. The van der Waals surface area contributed by atoms with Gasteiger partial charge in [-0.25, -0.2) is 0 Å². The number of hydrogen-bond donors (Lipinski definition) is 1. The smallest absolute Gasteiger partial charge is 0.119 e. The summed E-state index contributed by atoms with van der Waals surface area (Å²) in [6.45, 7) is 9.20. The van der Waals surface area contributed by atoms with E-state index in [1.165, 1.54) is 6.42 Å². The van der Waals surface area contributed by atoms with Crippen molar-refractivity contribution in [3.8, 4) is 0 Å². The van der Waals surface area contributed by atoms with E-state index in [1.807, 2.05) is 5.06 Å². The fraction of sp³-hybridized carbons (Fsp3) is 1.00. The molecule has 0 aliphatic carbocycles. The largest absolute Gasteiger partial charge is 0.288 e. The molecule has 0 atom stereocenters. The van der Waals surface area contributed by atoms with Gasteiger partial charge < -0.3 is 0 Å². The van der Waals surface area contributed by atoms with Crippen molar-refractivity contribution in [1.29, 1.82) is 0 Å². The molecule has 1 rings (SSSR count). The molecule has 0 aromatic rings. The number of hydrogen-bond acceptors (Lipinski definition) is 3. The van der Waals surface area contributed by atoms with Crippen LogP contribution in [0.5, 0.6) is 0 Å². The molecule has 1 N–H and O–H groups in total. The van der Waals surface area contributed by atoms with Crippen molar-refractivity contribution in [1.82, 2.24) is 10.4 Å². The maximum absolute atomic E-state index is 5.38. The SMILES string of the molecule is CC(C)(C)NCON1CCC1. The van der Waals surface area contributed by atoms with Crippen molar-refractivity contribution in [2.45, 2.75) is 32.7 Å². The summed E-state index contributed by atoms with van der Waals surface area (Å²) >= 11 is 0. The third-order valence-corrected chi connectivity index (χ3v) is 1.66. The molecule has 0 bridgehead atoms. The third-order valence-electron chi connectivity index (χ3n) is 1.66. The number of rotatable bonds is 3. The highest BCUT2D eigenvalue weighted by Gasteiger charge is 2.15. The van der Waals surface area contributed by atoms with E-state index < -0.39 is 0 Å². The lowest BCUT2D eigenvalue weighted by Crippen LogP contribution is -2.44. The van der Waals surface area contributed by atoms with Crippen LogP contribution in [-0.2, 0) is 4.84 Å². The third kappa shape index (κ3) is 3.70. The zero-order chi connectivity index (χ0) is 8.32. The van der Waals surface area contributed by atoms with Gasteiger partial charge in [0.25, 0.3) is 0 Å². The first kappa shape index (κ1) is 8.97. The van der Waals surface area contributed by atoms with Gasteiger partial charge in [0.15, 0.2) is 0 Å². The van der Waals surface area contributed by atoms with Crippen LogP contribution in [0, 0.1) is 0 Å². The van der Waals surface area contributed by atoms with Crippen molar-refractivity contribution in [3.63, 3.8) is 0 Å². The van der Waals surface area contributed by atoms with E-state index in [-0.39, 0.29) is 5.54 Å². The lowest BCUT2D eigenvalue weighted by atomic mass is 10.1. The van der Waals surface area contributed by atoms with Crippen LogP contribution in [-0.4, -0.2) is 30.4 Å². The van der Waals surface area contributed by atoms with Crippen molar-refractivity contribution < 1.29 is 4.84 Å². The topological polar surface area (TPSA) is 24.5 Å². The molecule has 0 unspecified atom stereocenters. The molecular formula is C8H18N2O. The Bertz CT molecular complexity index is 116. The van der Waals surface area contributed by atoms with Crippen LogP contribution >= 0.6 is 0 Å². The molecule has 1 saturated heterocycles. The second kappa shape index (κ2) is 3.52. The van der Waals surface area contributed by atoms with Crippen LogP contribution in [0.3, 0.4) is 0 Å². The lowest BCUT2D eigenvalue weighted by molar-refractivity contribution is -0.204. The molecule has 1 heterocycles. The minimum Gasteiger partial charge on any atom is -0.288 e. The second-order valence-electron chi connectivity index (χ2n) is 3.98. The summed E-state index contributed by atoms with van der Waals surface area (Å²) in [5.41, 5.74) is 0.158. The second-order valence-corrected chi connectivity index (χ2v) is 3.98. The minimum atomic E-state index is 0.158. The summed E-state index contributed by atoms with van der Waals surface area (Å²) in [4.78, 5) is 5.38. The molecule has 1 aliphatic rings. The Morgan fingerprint density at radius 2 is 2.00 bits per heavy atom. The summed E-state index contributed by atoms with van der Waals surface area (Å²) in [5, 5.41) is 5.24. The maximum atomic E-state index is 5.38. The standard InChI is InChI=1S/C8H18N2O/c1-8(2,3)9-7-11-10-5-4-6-10/h9H,4-7H2,1-3H3. The molecule has 0 spiro atoms. The predicted octanol–water partition coefficient (Wildman–Crippen LogP) is 0.969. The first-order valence-electron chi connectivity index (χ1n) is 4.21. The van der Waals surface area contributed by atoms with Gasteiger partial charge in [0.05, 0.1) is 0 Å². The van der Waals surface area contributed by atoms with Crippen LogP contribution < -0.4 is 5.32 Å². The molecule has 0 amide bonds. The molecule has 1 aliphatic heterocycles. The average molecular weight is 158 g/mol. The Balaban J connectivity index is 1.95. The quantitative estimate of drug-likeness (QED) is 0.619. The minimum absolute atomic E-state index is 0.158. The van der Waals surface area contributed by atoms with Gasteiger partial charge in [0, 0.05) is 18.6 Å². The highest BCUT2D eigenvalue weighted by Crippen LogP contribution is 2.05. The molecule has 0 aromatic carbocycles. The van der Waals surface area contributed by atoms with E-state index in [0.29, 0.717) is 6.73 Å². The Morgan fingerprint density at radius 1 is 1.36 bits per heavy atom. The van der Waals surface area contributed by atoms with Gasteiger partial charge in [-0.2, -0.15) is 5.06 Å². The summed E-state index contributed by atoms with van der Waals surface area (Å²) < 4.78 is 0. The number of nitrogens with one attached hydrogen (secondary N) is 1. The van der Waals surface area contributed by atoms with Crippen LogP contribution in [0.4, 0.5) is 0 Å². The molecule has 0 saturated carbocycles. The fourth-order valence-electron chi connectivity index (χ4n) is 0.756. The molecular weight excluding hydrogens is 140 g/mol. The molecule has 1 fully saturated rings. The summed E-state index contributed by atoms with van der Waals surface area (Å²) in [7, 11) is 0. The summed E-state index contributed by atoms with van der Waals surface area (Å²) in [5.74, 6) is 0. The van der Waals surface area contributed by atoms with Gasteiger partial charge in [-0.15, -0.1) is 0 Å². The Labute approximate surface area is 68.7 Å². The Morgan fingerprint density at radius 3 is 2.36 bits per heavy atom. The Hall–Kier alpha value is -0.120. The van der Waals surface area contributed by atoms with Gasteiger partial charge in [-0.1, -0.05) is 0 Å². The van der Waals surface area contributed by atoms with Gasteiger partial charge in [0.2, 0.25) is 0 Å².